The Labute approximate surface area is 158 Å². The number of nitrogens with zero attached hydrogens (tertiary/aromatic N) is 1. The van der Waals surface area contributed by atoms with Gasteiger partial charge in [-0.05, 0) is 67.8 Å². The van der Waals surface area contributed by atoms with Gasteiger partial charge in [0.15, 0.2) is 0 Å². The summed E-state index contributed by atoms with van der Waals surface area (Å²) in [5.41, 5.74) is 4.58. The normalized spacial score (nSPS) is 15.6. The standard InChI is InChI=1S/C22H21NO4/c1-13-9-14(2)11-17(10-13)23-15(3)20(22(26)27-4)21(25)19(23)12-16-5-7-18(24)8-6-16/h5-12,24H,1-4H3. The quantitative estimate of drug-likeness (QED) is 0.509. The molecule has 3 rings (SSSR count). The van der Waals surface area contributed by atoms with Crippen LogP contribution in [0.15, 0.2) is 59.4 Å². The number of phenolic OH excluding ortho intramolecular Hbond substituents is 1. The zero-order valence-electron chi connectivity index (χ0n) is 15.7. The second kappa shape index (κ2) is 7.11. The van der Waals surface area contributed by atoms with Crippen molar-refractivity contribution >= 4 is 23.5 Å². The Bertz CT molecular complexity index is 964. The van der Waals surface area contributed by atoms with Gasteiger partial charge in [-0.25, -0.2) is 4.79 Å². The highest BCUT2D eigenvalue weighted by Gasteiger charge is 2.38. The number of carbonyl (C=O) groups is 2. The van der Waals surface area contributed by atoms with Gasteiger partial charge >= 0.3 is 5.97 Å². The average Bonchev–Trinajstić information content (AvgIpc) is 2.85. The Kier molecular flexibility index (Phi) is 4.86. The molecule has 0 spiro atoms. The summed E-state index contributed by atoms with van der Waals surface area (Å²) in [5, 5.41) is 9.48. The third-order valence-electron chi connectivity index (χ3n) is 4.45. The third kappa shape index (κ3) is 3.49. The van der Waals surface area contributed by atoms with Crippen molar-refractivity contribution in [3.63, 3.8) is 0 Å². The lowest BCUT2D eigenvalue weighted by Crippen LogP contribution is -2.18. The highest BCUT2D eigenvalue weighted by molar-refractivity contribution is 6.30. The van der Waals surface area contributed by atoms with Crippen LogP contribution in [0.5, 0.6) is 5.75 Å². The van der Waals surface area contributed by atoms with Crippen molar-refractivity contribution in [2.24, 2.45) is 0 Å². The number of aromatic hydroxyl groups is 1. The molecule has 5 heteroatoms. The van der Waals surface area contributed by atoms with E-state index in [-0.39, 0.29) is 17.1 Å². The van der Waals surface area contributed by atoms with E-state index in [4.69, 9.17) is 4.74 Å². The number of esters is 1. The largest absolute Gasteiger partial charge is 0.508 e. The van der Waals surface area contributed by atoms with Gasteiger partial charge in [-0.2, -0.15) is 0 Å². The maximum atomic E-state index is 13.0. The molecule has 0 aromatic heterocycles. The number of ketones is 1. The number of ether oxygens (including phenoxy) is 1. The molecule has 2 aromatic rings. The Balaban J connectivity index is 2.19. The lowest BCUT2D eigenvalue weighted by molar-refractivity contribution is -0.137. The Hall–Kier alpha value is -3.34. The number of hydrogen-bond donors (Lipinski definition) is 1. The molecule has 27 heavy (non-hydrogen) atoms. The van der Waals surface area contributed by atoms with Crippen molar-refractivity contribution in [1.82, 2.24) is 0 Å². The molecule has 1 heterocycles. The van der Waals surface area contributed by atoms with Crippen molar-refractivity contribution in [3.8, 4) is 5.75 Å². The molecule has 5 nitrogen and oxygen atoms in total. The monoisotopic (exact) mass is 363 g/mol. The molecule has 1 N–H and O–H groups in total. The average molecular weight is 363 g/mol. The van der Waals surface area contributed by atoms with Crippen LogP contribution in [-0.2, 0) is 14.3 Å². The van der Waals surface area contributed by atoms with Gasteiger partial charge in [0.05, 0.1) is 12.8 Å². The van der Waals surface area contributed by atoms with Crippen LogP contribution in [0.3, 0.4) is 0 Å². The summed E-state index contributed by atoms with van der Waals surface area (Å²) >= 11 is 0. The van der Waals surface area contributed by atoms with Crippen molar-refractivity contribution in [3.05, 3.63) is 76.1 Å². The van der Waals surface area contributed by atoms with Gasteiger partial charge in [-0.3, -0.25) is 4.79 Å². The van der Waals surface area contributed by atoms with Crippen molar-refractivity contribution in [2.75, 3.05) is 12.0 Å². The molecule has 0 bridgehead atoms. The lowest BCUT2D eigenvalue weighted by atomic mass is 10.1. The van der Waals surface area contributed by atoms with Gasteiger partial charge in [0, 0.05) is 11.4 Å². The number of phenols is 1. The molecule has 0 saturated carbocycles. The minimum absolute atomic E-state index is 0.0293. The maximum Gasteiger partial charge on any atom is 0.343 e. The van der Waals surface area contributed by atoms with Crippen LogP contribution in [0.2, 0.25) is 0 Å². The first-order valence-corrected chi connectivity index (χ1v) is 8.55. The molecular formula is C22H21NO4. The number of Topliss-reactive ketones (excluding diaryl/α,β-unsaturated/α-hetero) is 1. The molecule has 1 aliphatic heterocycles. The minimum Gasteiger partial charge on any atom is -0.508 e. The van der Waals surface area contributed by atoms with Crippen LogP contribution in [-0.4, -0.2) is 24.0 Å². The van der Waals surface area contributed by atoms with E-state index in [0.29, 0.717) is 11.4 Å². The summed E-state index contributed by atoms with van der Waals surface area (Å²) in [7, 11) is 1.26. The first-order chi connectivity index (χ1) is 12.8. The van der Waals surface area contributed by atoms with Crippen LogP contribution in [0, 0.1) is 13.8 Å². The fourth-order valence-electron chi connectivity index (χ4n) is 3.30. The zero-order chi connectivity index (χ0) is 19.7. The summed E-state index contributed by atoms with van der Waals surface area (Å²) < 4.78 is 4.82. The number of anilines is 1. The molecule has 0 aliphatic carbocycles. The van der Waals surface area contributed by atoms with E-state index in [0.717, 1.165) is 22.4 Å². The fraction of sp³-hybridized carbons (Fsp3) is 0.182. The molecule has 0 unspecified atom stereocenters. The fourth-order valence-corrected chi connectivity index (χ4v) is 3.30. The molecule has 0 radical (unpaired) electrons. The minimum atomic E-state index is -0.652. The van der Waals surface area contributed by atoms with Crippen LogP contribution in [0.1, 0.15) is 23.6 Å². The topological polar surface area (TPSA) is 66.8 Å². The van der Waals surface area contributed by atoms with E-state index in [1.54, 1.807) is 42.2 Å². The molecule has 0 atom stereocenters. The predicted octanol–water partition coefficient (Wildman–Crippen LogP) is 3.89. The van der Waals surface area contributed by atoms with Gasteiger partial charge in [-0.1, -0.05) is 18.2 Å². The van der Waals surface area contributed by atoms with E-state index in [1.807, 2.05) is 32.0 Å². The van der Waals surface area contributed by atoms with Gasteiger partial charge in [0.2, 0.25) is 5.78 Å². The van der Waals surface area contributed by atoms with Crippen LogP contribution in [0.25, 0.3) is 6.08 Å². The smallest absolute Gasteiger partial charge is 0.343 e. The number of aryl methyl sites for hydroxylation is 2. The summed E-state index contributed by atoms with van der Waals surface area (Å²) in [6.45, 7) is 5.70. The van der Waals surface area contributed by atoms with E-state index >= 15 is 0 Å². The molecule has 0 amide bonds. The molecular weight excluding hydrogens is 342 g/mol. The van der Waals surface area contributed by atoms with Gasteiger partial charge in [0.1, 0.15) is 11.3 Å². The summed E-state index contributed by atoms with van der Waals surface area (Å²) in [6, 6.07) is 12.5. The maximum absolute atomic E-state index is 13.0. The van der Waals surface area contributed by atoms with Gasteiger partial charge < -0.3 is 14.7 Å². The van der Waals surface area contributed by atoms with E-state index in [1.165, 1.54) is 7.11 Å². The number of methoxy groups -OCH3 is 1. The Morgan fingerprint density at radius 3 is 2.19 bits per heavy atom. The van der Waals surface area contributed by atoms with Gasteiger partial charge in [-0.15, -0.1) is 0 Å². The molecule has 138 valence electrons. The van der Waals surface area contributed by atoms with Crippen molar-refractivity contribution in [2.45, 2.75) is 20.8 Å². The summed E-state index contributed by atoms with van der Waals surface area (Å²) in [5.74, 6) is -0.891. The zero-order valence-corrected chi connectivity index (χ0v) is 15.7. The second-order valence-electron chi connectivity index (χ2n) is 6.58. The molecule has 2 aromatic carbocycles. The first-order valence-electron chi connectivity index (χ1n) is 8.55. The van der Waals surface area contributed by atoms with E-state index in [9.17, 15) is 14.7 Å². The number of hydrogen-bond acceptors (Lipinski definition) is 5. The van der Waals surface area contributed by atoms with Crippen LogP contribution >= 0.6 is 0 Å². The Morgan fingerprint density at radius 2 is 1.63 bits per heavy atom. The summed E-state index contributed by atoms with van der Waals surface area (Å²) in [4.78, 5) is 27.0. The number of rotatable bonds is 3. The number of carbonyl (C=O) groups excluding carboxylic acids is 2. The molecule has 0 fully saturated rings. The number of benzene rings is 2. The van der Waals surface area contributed by atoms with Crippen molar-refractivity contribution < 1.29 is 19.4 Å². The summed E-state index contributed by atoms with van der Waals surface area (Å²) in [6.07, 6.45) is 1.71. The molecule has 1 aliphatic rings. The SMILES string of the molecule is COC(=O)C1=C(C)N(c2cc(C)cc(C)c2)C(=Cc2ccc(O)cc2)C1=O. The second-order valence-corrected chi connectivity index (χ2v) is 6.58. The Morgan fingerprint density at radius 1 is 1.04 bits per heavy atom. The molecule has 0 saturated heterocycles. The number of allylic oxidation sites excluding steroid dienone is 2. The predicted molar refractivity (Wildman–Crippen MR) is 104 cm³/mol. The van der Waals surface area contributed by atoms with E-state index in [2.05, 4.69) is 0 Å². The highest BCUT2D eigenvalue weighted by atomic mass is 16.5. The van der Waals surface area contributed by atoms with E-state index < -0.39 is 5.97 Å². The highest BCUT2D eigenvalue weighted by Crippen LogP contribution is 2.36. The van der Waals surface area contributed by atoms with Crippen LogP contribution < -0.4 is 4.90 Å². The van der Waals surface area contributed by atoms with Crippen LogP contribution in [0.4, 0.5) is 5.69 Å². The third-order valence-corrected chi connectivity index (χ3v) is 4.45. The first kappa shape index (κ1) is 18.5. The van der Waals surface area contributed by atoms with Gasteiger partial charge in [0.25, 0.3) is 0 Å². The van der Waals surface area contributed by atoms with Crippen molar-refractivity contribution in [1.29, 1.82) is 0 Å². The lowest BCUT2D eigenvalue weighted by Gasteiger charge is -2.22.